The highest BCUT2D eigenvalue weighted by Gasteiger charge is 2.46. The molecule has 0 bridgehead atoms. The fraction of sp³-hybridized carbons (Fsp3) is 0.333. The molecule has 7 nitrogen and oxygen atoms in total. The number of methoxy groups -OCH3 is 2. The van der Waals surface area contributed by atoms with Crippen molar-refractivity contribution < 1.29 is 24.2 Å². The number of ether oxygens (including phenoxy) is 2. The van der Waals surface area contributed by atoms with Gasteiger partial charge in [0, 0.05) is 48.5 Å². The lowest BCUT2D eigenvalue weighted by Gasteiger charge is -2.25. The first kappa shape index (κ1) is 23.6. The number of benzene rings is 2. The average molecular weight is 463 g/mol. The minimum Gasteiger partial charge on any atom is -0.507 e. The number of hydrogen-bond donors (Lipinski definition) is 2. The number of aromatic nitrogens is 1. The Labute approximate surface area is 199 Å². The fourth-order valence-corrected chi connectivity index (χ4v) is 4.62. The summed E-state index contributed by atoms with van der Waals surface area (Å²) in [5.41, 5.74) is 3.14. The second kappa shape index (κ2) is 9.73. The minimum absolute atomic E-state index is 0.0899. The second-order valence-corrected chi connectivity index (χ2v) is 8.74. The SMILES string of the molecule is COCCCN1C(=O)C(=O)/C(=C(/O)c2ccc(OC)c(C(C)C)c2)C1c1c[nH]c2ccccc12. The van der Waals surface area contributed by atoms with Crippen LogP contribution in [-0.4, -0.2) is 54.1 Å². The number of nitrogens with one attached hydrogen (secondary N) is 1. The van der Waals surface area contributed by atoms with Gasteiger partial charge in [-0.15, -0.1) is 0 Å². The summed E-state index contributed by atoms with van der Waals surface area (Å²) >= 11 is 0. The number of aliphatic hydroxyl groups is 1. The van der Waals surface area contributed by atoms with E-state index < -0.39 is 17.7 Å². The molecule has 3 aromatic rings. The summed E-state index contributed by atoms with van der Waals surface area (Å²) in [6.07, 6.45) is 2.38. The maximum absolute atomic E-state index is 13.3. The van der Waals surface area contributed by atoms with E-state index in [2.05, 4.69) is 4.98 Å². The Morgan fingerprint density at radius 2 is 1.91 bits per heavy atom. The first-order valence-electron chi connectivity index (χ1n) is 11.4. The monoisotopic (exact) mass is 462 g/mol. The van der Waals surface area contributed by atoms with Crippen LogP contribution in [0, 0.1) is 0 Å². The number of H-pyrrole nitrogens is 1. The van der Waals surface area contributed by atoms with Gasteiger partial charge in [0.25, 0.3) is 11.7 Å². The third-order valence-electron chi connectivity index (χ3n) is 6.33. The number of nitrogens with zero attached hydrogens (tertiary/aromatic N) is 1. The zero-order valence-corrected chi connectivity index (χ0v) is 19.9. The van der Waals surface area contributed by atoms with E-state index in [0.29, 0.717) is 30.9 Å². The molecule has 1 aromatic heterocycles. The smallest absolute Gasteiger partial charge is 0.295 e. The summed E-state index contributed by atoms with van der Waals surface area (Å²) in [5, 5.41) is 12.3. The number of amides is 1. The number of ketones is 1. The van der Waals surface area contributed by atoms with Crippen molar-refractivity contribution in [3.63, 3.8) is 0 Å². The predicted octanol–water partition coefficient (Wildman–Crippen LogP) is 4.76. The molecule has 1 unspecified atom stereocenters. The van der Waals surface area contributed by atoms with E-state index in [0.717, 1.165) is 22.0 Å². The molecule has 2 N–H and O–H groups in total. The van der Waals surface area contributed by atoms with Crippen molar-refractivity contribution in [2.75, 3.05) is 27.4 Å². The maximum atomic E-state index is 13.3. The topological polar surface area (TPSA) is 91.9 Å². The molecule has 0 saturated carbocycles. The van der Waals surface area contributed by atoms with Crippen molar-refractivity contribution >= 4 is 28.4 Å². The molecule has 1 atom stereocenters. The Morgan fingerprint density at radius 3 is 2.62 bits per heavy atom. The van der Waals surface area contributed by atoms with Gasteiger partial charge in [-0.1, -0.05) is 32.0 Å². The summed E-state index contributed by atoms with van der Waals surface area (Å²) in [5.74, 6) is -0.645. The van der Waals surface area contributed by atoms with Crippen LogP contribution in [0.15, 0.2) is 54.2 Å². The minimum atomic E-state index is -0.711. The number of aromatic amines is 1. The zero-order chi connectivity index (χ0) is 24.4. The molecule has 1 fully saturated rings. The third kappa shape index (κ3) is 4.07. The maximum Gasteiger partial charge on any atom is 0.295 e. The van der Waals surface area contributed by atoms with Gasteiger partial charge in [-0.2, -0.15) is 0 Å². The van der Waals surface area contributed by atoms with E-state index in [1.54, 1.807) is 26.4 Å². The summed E-state index contributed by atoms with van der Waals surface area (Å²) < 4.78 is 10.6. The zero-order valence-electron chi connectivity index (χ0n) is 19.9. The Hall–Kier alpha value is -3.58. The number of fused-ring (bicyclic) bond motifs is 1. The molecule has 1 amide bonds. The van der Waals surface area contributed by atoms with Crippen LogP contribution in [0.4, 0.5) is 0 Å². The molecule has 178 valence electrons. The fourth-order valence-electron chi connectivity index (χ4n) is 4.62. The van der Waals surface area contributed by atoms with Crippen LogP contribution in [0.1, 0.15) is 48.9 Å². The lowest BCUT2D eigenvalue weighted by Crippen LogP contribution is -2.31. The lowest BCUT2D eigenvalue weighted by atomic mass is 9.93. The second-order valence-electron chi connectivity index (χ2n) is 8.74. The number of hydrogen-bond acceptors (Lipinski definition) is 5. The van der Waals surface area contributed by atoms with Gasteiger partial charge in [-0.3, -0.25) is 9.59 Å². The Kier molecular flexibility index (Phi) is 6.75. The molecular formula is C27H30N2O5. The standard InChI is InChI=1S/C27H30N2O5/c1-16(2)19-14-17(10-11-22(19)34-4)25(30)23-24(20-15-28-21-9-6-5-8-18(20)21)29(12-7-13-33-3)27(32)26(23)31/h5-6,8-11,14-16,24,28,30H,7,12-13H2,1-4H3/b25-23+. The molecule has 1 saturated heterocycles. The molecule has 1 aliphatic heterocycles. The number of para-hydroxylation sites is 1. The molecule has 7 heteroatoms. The van der Waals surface area contributed by atoms with Crippen LogP contribution in [0.3, 0.4) is 0 Å². The Morgan fingerprint density at radius 1 is 1.15 bits per heavy atom. The van der Waals surface area contributed by atoms with Gasteiger partial charge in [0.05, 0.1) is 18.7 Å². The van der Waals surface area contributed by atoms with E-state index >= 15 is 0 Å². The van der Waals surface area contributed by atoms with Crippen molar-refractivity contribution in [2.45, 2.75) is 32.2 Å². The van der Waals surface area contributed by atoms with Gasteiger partial charge in [0.1, 0.15) is 11.5 Å². The van der Waals surface area contributed by atoms with Gasteiger partial charge in [-0.25, -0.2) is 0 Å². The Bertz CT molecular complexity index is 1260. The van der Waals surface area contributed by atoms with E-state index in [1.807, 2.05) is 50.4 Å². The first-order valence-corrected chi connectivity index (χ1v) is 11.4. The van der Waals surface area contributed by atoms with Crippen LogP contribution in [-0.2, 0) is 14.3 Å². The van der Waals surface area contributed by atoms with E-state index in [4.69, 9.17) is 9.47 Å². The van der Waals surface area contributed by atoms with Crippen molar-refractivity contribution in [1.82, 2.24) is 9.88 Å². The van der Waals surface area contributed by atoms with Crippen molar-refractivity contribution in [3.05, 3.63) is 70.9 Å². The molecule has 0 spiro atoms. The molecule has 34 heavy (non-hydrogen) atoms. The molecule has 1 aliphatic rings. The number of carbonyl (C=O) groups excluding carboxylic acids is 2. The molecule has 0 aliphatic carbocycles. The summed E-state index contributed by atoms with van der Waals surface area (Å²) in [4.78, 5) is 31.2. The Balaban J connectivity index is 1.90. The first-order chi connectivity index (χ1) is 16.4. The molecule has 0 radical (unpaired) electrons. The average Bonchev–Trinajstić information content (AvgIpc) is 3.37. The number of Topliss-reactive ketones (excluding diaryl/α,β-unsaturated/α-hetero) is 1. The van der Waals surface area contributed by atoms with Crippen LogP contribution in [0.2, 0.25) is 0 Å². The highest BCUT2D eigenvalue weighted by molar-refractivity contribution is 6.46. The van der Waals surface area contributed by atoms with Crippen LogP contribution in [0.25, 0.3) is 16.7 Å². The van der Waals surface area contributed by atoms with E-state index in [1.165, 1.54) is 4.90 Å². The van der Waals surface area contributed by atoms with Crippen LogP contribution in [0.5, 0.6) is 5.75 Å². The largest absolute Gasteiger partial charge is 0.507 e. The van der Waals surface area contributed by atoms with Crippen LogP contribution < -0.4 is 4.74 Å². The molecule has 4 rings (SSSR count). The molecule has 2 aromatic carbocycles. The number of likely N-dealkylation sites (tertiary alicyclic amines) is 1. The lowest BCUT2D eigenvalue weighted by molar-refractivity contribution is -0.140. The van der Waals surface area contributed by atoms with Gasteiger partial charge >= 0.3 is 0 Å². The van der Waals surface area contributed by atoms with Gasteiger partial charge in [0.2, 0.25) is 0 Å². The van der Waals surface area contributed by atoms with E-state index in [9.17, 15) is 14.7 Å². The molecular weight excluding hydrogens is 432 g/mol. The third-order valence-corrected chi connectivity index (χ3v) is 6.33. The summed E-state index contributed by atoms with van der Waals surface area (Å²) in [7, 11) is 3.20. The quantitative estimate of drug-likeness (QED) is 0.218. The van der Waals surface area contributed by atoms with E-state index in [-0.39, 0.29) is 17.3 Å². The van der Waals surface area contributed by atoms with Gasteiger partial charge in [0.15, 0.2) is 0 Å². The van der Waals surface area contributed by atoms with Crippen molar-refractivity contribution in [1.29, 1.82) is 0 Å². The predicted molar refractivity (Wildman–Crippen MR) is 131 cm³/mol. The van der Waals surface area contributed by atoms with Gasteiger partial charge in [-0.05, 0) is 42.2 Å². The number of rotatable bonds is 8. The van der Waals surface area contributed by atoms with Crippen molar-refractivity contribution in [3.8, 4) is 5.75 Å². The highest BCUT2D eigenvalue weighted by atomic mass is 16.5. The van der Waals surface area contributed by atoms with Crippen molar-refractivity contribution in [2.24, 2.45) is 0 Å². The summed E-state index contributed by atoms with van der Waals surface area (Å²) in [6, 6.07) is 12.3. The number of aliphatic hydroxyl groups excluding tert-OH is 1. The van der Waals surface area contributed by atoms with Crippen LogP contribution >= 0.6 is 0 Å². The van der Waals surface area contributed by atoms with Gasteiger partial charge < -0.3 is 24.5 Å². The summed E-state index contributed by atoms with van der Waals surface area (Å²) in [6.45, 7) is 4.85. The normalized spacial score (nSPS) is 17.8. The number of carbonyl (C=O) groups is 2. The molecule has 2 heterocycles. The highest BCUT2D eigenvalue weighted by Crippen LogP contribution is 2.42.